The highest BCUT2D eigenvalue weighted by molar-refractivity contribution is 5.96. The zero-order valence-corrected chi connectivity index (χ0v) is 14.0. The summed E-state index contributed by atoms with van der Waals surface area (Å²) in [5.41, 5.74) is 9.30. The van der Waals surface area contributed by atoms with Crippen LogP contribution in [0.3, 0.4) is 0 Å². The molecule has 1 atom stereocenters. The van der Waals surface area contributed by atoms with Crippen molar-refractivity contribution in [3.05, 3.63) is 65.2 Å². The number of amides is 2. The molecule has 0 saturated heterocycles. The molecule has 2 aromatic rings. The molecule has 0 aliphatic heterocycles. The Morgan fingerprint density at radius 2 is 1.88 bits per heavy atom. The molecule has 5 nitrogen and oxygen atoms in total. The van der Waals surface area contributed by atoms with Gasteiger partial charge >= 0.3 is 0 Å². The van der Waals surface area contributed by atoms with Crippen LogP contribution in [0.5, 0.6) is 0 Å². The van der Waals surface area contributed by atoms with Crippen molar-refractivity contribution >= 4 is 17.5 Å². The molecule has 0 aliphatic carbocycles. The van der Waals surface area contributed by atoms with Crippen LogP contribution in [0.15, 0.2) is 48.5 Å². The summed E-state index contributed by atoms with van der Waals surface area (Å²) >= 11 is 0. The summed E-state index contributed by atoms with van der Waals surface area (Å²) in [6, 6.07) is 15.1. The minimum atomic E-state index is -0.410. The fourth-order valence-electron chi connectivity index (χ4n) is 2.54. The number of carbonyl (C=O) groups is 2. The quantitative estimate of drug-likeness (QED) is 0.759. The van der Waals surface area contributed by atoms with Gasteiger partial charge in [0.05, 0.1) is 12.3 Å². The van der Waals surface area contributed by atoms with Crippen LogP contribution in [-0.4, -0.2) is 25.4 Å². The lowest BCUT2D eigenvalue weighted by Crippen LogP contribution is -2.27. The predicted octanol–water partition coefficient (Wildman–Crippen LogP) is 1.96. The van der Waals surface area contributed by atoms with Crippen molar-refractivity contribution < 1.29 is 9.59 Å². The molecule has 0 aromatic heterocycles. The summed E-state index contributed by atoms with van der Waals surface area (Å²) in [6.07, 6.45) is 0.276. The molecule has 0 radical (unpaired) electrons. The Balaban J connectivity index is 2.13. The van der Waals surface area contributed by atoms with Crippen molar-refractivity contribution in [3.63, 3.8) is 0 Å². The van der Waals surface area contributed by atoms with Crippen LogP contribution in [0.2, 0.25) is 0 Å². The van der Waals surface area contributed by atoms with Gasteiger partial charge in [0.15, 0.2) is 0 Å². The van der Waals surface area contributed by atoms with Crippen LogP contribution >= 0.6 is 0 Å². The highest BCUT2D eigenvalue weighted by atomic mass is 16.2. The summed E-state index contributed by atoms with van der Waals surface area (Å²) in [5, 5.41) is 5.48. The van der Waals surface area contributed by atoms with E-state index in [-0.39, 0.29) is 24.8 Å². The average molecular weight is 325 g/mol. The van der Waals surface area contributed by atoms with Gasteiger partial charge < -0.3 is 16.4 Å². The van der Waals surface area contributed by atoms with Crippen LogP contribution in [0, 0.1) is 6.92 Å². The van der Waals surface area contributed by atoms with E-state index in [1.54, 1.807) is 19.2 Å². The van der Waals surface area contributed by atoms with Crippen LogP contribution in [-0.2, 0) is 16.0 Å². The van der Waals surface area contributed by atoms with Crippen LogP contribution in [0.4, 0.5) is 5.69 Å². The second-order valence-corrected chi connectivity index (χ2v) is 5.74. The Labute approximate surface area is 142 Å². The number of likely N-dealkylation sites (N-methyl/N-ethyl adjacent to an activating group) is 1. The number of benzene rings is 2. The molecule has 0 saturated carbocycles. The normalized spacial score (nSPS) is 11.6. The van der Waals surface area contributed by atoms with Crippen molar-refractivity contribution in [3.8, 4) is 0 Å². The first-order valence-corrected chi connectivity index (χ1v) is 7.90. The number of rotatable bonds is 6. The molecule has 24 heavy (non-hydrogen) atoms. The molecular formula is C19H23N3O2. The highest BCUT2D eigenvalue weighted by Crippen LogP contribution is 2.19. The van der Waals surface area contributed by atoms with Crippen LogP contribution in [0.25, 0.3) is 0 Å². The van der Waals surface area contributed by atoms with E-state index < -0.39 is 5.92 Å². The number of hydrogen-bond donors (Lipinski definition) is 3. The summed E-state index contributed by atoms with van der Waals surface area (Å²) < 4.78 is 0. The molecule has 5 heteroatoms. The van der Waals surface area contributed by atoms with E-state index in [1.807, 2.05) is 43.3 Å². The van der Waals surface area contributed by atoms with E-state index in [2.05, 4.69) is 10.6 Å². The maximum atomic E-state index is 12.6. The molecule has 126 valence electrons. The zero-order chi connectivity index (χ0) is 17.5. The number of aryl methyl sites for hydroxylation is 1. The van der Waals surface area contributed by atoms with Gasteiger partial charge in [0.25, 0.3) is 0 Å². The van der Waals surface area contributed by atoms with Gasteiger partial charge in [-0.05, 0) is 30.2 Å². The lowest BCUT2D eigenvalue weighted by Gasteiger charge is -2.16. The fourth-order valence-corrected chi connectivity index (χ4v) is 2.54. The molecule has 0 heterocycles. The van der Waals surface area contributed by atoms with Gasteiger partial charge in [-0.1, -0.05) is 42.0 Å². The van der Waals surface area contributed by atoms with Gasteiger partial charge in [0, 0.05) is 19.3 Å². The third-order valence-electron chi connectivity index (χ3n) is 3.83. The SMILES string of the molecule is CNC(=O)Cc1cccc(NC(=O)C(CN)c2cccc(C)c2)c1. The second-order valence-electron chi connectivity index (χ2n) is 5.74. The highest BCUT2D eigenvalue weighted by Gasteiger charge is 2.19. The standard InChI is InChI=1S/C19H23N3O2/c1-13-5-3-7-15(9-13)17(12-20)19(24)22-16-8-4-6-14(10-16)11-18(23)21-2/h3-10,17H,11-12,20H2,1-2H3,(H,21,23)(H,22,24). The van der Waals surface area contributed by atoms with Gasteiger partial charge in [-0.15, -0.1) is 0 Å². The number of carbonyl (C=O) groups excluding carboxylic acids is 2. The van der Waals surface area contributed by atoms with E-state index in [4.69, 9.17) is 5.73 Å². The predicted molar refractivity (Wildman–Crippen MR) is 95.8 cm³/mol. The summed E-state index contributed by atoms with van der Waals surface area (Å²) in [7, 11) is 1.60. The van der Waals surface area contributed by atoms with Gasteiger partial charge in [0.2, 0.25) is 11.8 Å². The van der Waals surface area contributed by atoms with E-state index in [0.717, 1.165) is 16.7 Å². The van der Waals surface area contributed by atoms with Crippen molar-refractivity contribution in [2.24, 2.45) is 5.73 Å². The molecule has 0 spiro atoms. The lowest BCUT2D eigenvalue weighted by molar-refractivity contribution is -0.120. The second kappa shape index (κ2) is 8.26. The monoisotopic (exact) mass is 325 g/mol. The largest absolute Gasteiger partial charge is 0.359 e. The Morgan fingerprint density at radius 1 is 1.12 bits per heavy atom. The van der Waals surface area contributed by atoms with Gasteiger partial charge in [0.1, 0.15) is 0 Å². The van der Waals surface area contributed by atoms with Crippen molar-refractivity contribution in [1.82, 2.24) is 5.32 Å². The number of anilines is 1. The molecule has 2 amide bonds. The van der Waals surface area contributed by atoms with E-state index in [0.29, 0.717) is 5.69 Å². The Bertz CT molecular complexity index is 728. The zero-order valence-electron chi connectivity index (χ0n) is 14.0. The summed E-state index contributed by atoms with van der Waals surface area (Å²) in [5.74, 6) is -0.634. The maximum absolute atomic E-state index is 12.6. The molecule has 0 bridgehead atoms. The summed E-state index contributed by atoms with van der Waals surface area (Å²) in [4.78, 5) is 24.0. The first-order chi connectivity index (χ1) is 11.5. The minimum absolute atomic E-state index is 0.0712. The Hall–Kier alpha value is -2.66. The molecular weight excluding hydrogens is 302 g/mol. The Morgan fingerprint density at radius 3 is 2.54 bits per heavy atom. The summed E-state index contributed by atoms with van der Waals surface area (Å²) in [6.45, 7) is 2.21. The molecule has 4 N–H and O–H groups in total. The lowest BCUT2D eigenvalue weighted by atomic mass is 9.96. The molecule has 2 aromatic carbocycles. The average Bonchev–Trinajstić information content (AvgIpc) is 2.55. The van der Waals surface area contributed by atoms with Crippen molar-refractivity contribution in [2.75, 3.05) is 18.9 Å². The van der Waals surface area contributed by atoms with E-state index >= 15 is 0 Å². The number of nitrogens with two attached hydrogens (primary N) is 1. The molecule has 0 fully saturated rings. The smallest absolute Gasteiger partial charge is 0.233 e. The minimum Gasteiger partial charge on any atom is -0.359 e. The first kappa shape index (κ1) is 17.7. The van der Waals surface area contributed by atoms with Crippen LogP contribution in [0.1, 0.15) is 22.6 Å². The molecule has 0 aliphatic rings. The van der Waals surface area contributed by atoms with E-state index in [1.165, 1.54) is 0 Å². The first-order valence-electron chi connectivity index (χ1n) is 7.90. The third kappa shape index (κ3) is 4.67. The molecule has 1 unspecified atom stereocenters. The van der Waals surface area contributed by atoms with Gasteiger partial charge in [-0.3, -0.25) is 9.59 Å². The topological polar surface area (TPSA) is 84.2 Å². The van der Waals surface area contributed by atoms with Gasteiger partial charge in [-0.2, -0.15) is 0 Å². The number of hydrogen-bond acceptors (Lipinski definition) is 3. The fraction of sp³-hybridized carbons (Fsp3) is 0.263. The van der Waals surface area contributed by atoms with E-state index in [9.17, 15) is 9.59 Å². The Kier molecular flexibility index (Phi) is 6.09. The third-order valence-corrected chi connectivity index (χ3v) is 3.83. The van der Waals surface area contributed by atoms with Gasteiger partial charge in [-0.25, -0.2) is 0 Å². The van der Waals surface area contributed by atoms with Crippen molar-refractivity contribution in [2.45, 2.75) is 19.3 Å². The van der Waals surface area contributed by atoms with Crippen LogP contribution < -0.4 is 16.4 Å². The maximum Gasteiger partial charge on any atom is 0.233 e. The van der Waals surface area contributed by atoms with Crippen molar-refractivity contribution in [1.29, 1.82) is 0 Å². The molecule has 2 rings (SSSR count). The number of nitrogens with one attached hydrogen (secondary N) is 2.